The fourth-order valence-corrected chi connectivity index (χ4v) is 6.42. The van der Waals surface area contributed by atoms with Crippen LogP contribution in [0.3, 0.4) is 0 Å². The van der Waals surface area contributed by atoms with Gasteiger partial charge in [-0.3, -0.25) is 0 Å². The van der Waals surface area contributed by atoms with E-state index in [1.54, 1.807) is 0 Å². The average Bonchev–Trinajstić information content (AvgIpc) is 2.96. The lowest BCUT2D eigenvalue weighted by molar-refractivity contribution is 0.180. The molecule has 0 aromatic heterocycles. The van der Waals surface area contributed by atoms with Gasteiger partial charge in [0.25, 0.3) is 0 Å². The number of aliphatic hydroxyl groups is 1. The van der Waals surface area contributed by atoms with Crippen LogP contribution in [0.2, 0.25) is 0 Å². The number of benzene rings is 3. The number of hydrogen-bond donors (Lipinski definition) is 1. The first-order valence-electron chi connectivity index (χ1n) is 15.5. The summed E-state index contributed by atoms with van der Waals surface area (Å²) < 4.78 is 0. The van der Waals surface area contributed by atoms with Crippen molar-refractivity contribution in [1.29, 1.82) is 0 Å². The summed E-state index contributed by atoms with van der Waals surface area (Å²) in [6, 6.07) is 34.0. The summed E-state index contributed by atoms with van der Waals surface area (Å²) in [5, 5.41) is 9.59. The summed E-state index contributed by atoms with van der Waals surface area (Å²) in [6.07, 6.45) is 17.5. The Bertz CT molecular complexity index is 867. The fourth-order valence-electron chi connectivity index (χ4n) is 6.42. The minimum atomic E-state index is -0.167. The molecule has 0 aliphatic heterocycles. The fraction of sp³-hybridized carbons (Fsp3) is 0.514. The molecule has 0 saturated carbocycles. The number of rotatable bonds is 19. The first-order chi connectivity index (χ1) is 18.7. The highest BCUT2D eigenvalue weighted by Crippen LogP contribution is 2.49. The smallest absolute Gasteiger partial charge is 0.0512 e. The Morgan fingerprint density at radius 3 is 1.21 bits per heavy atom. The molecular weight excluding hydrogens is 460 g/mol. The molecule has 0 spiro atoms. The second-order valence-corrected chi connectivity index (χ2v) is 11.4. The van der Waals surface area contributed by atoms with Crippen LogP contribution in [0.25, 0.3) is 0 Å². The van der Waals surface area contributed by atoms with Gasteiger partial charge in [0.15, 0.2) is 0 Å². The first-order valence-corrected chi connectivity index (χ1v) is 15.5. The van der Waals surface area contributed by atoms with Gasteiger partial charge in [0, 0.05) is 5.41 Å². The maximum atomic E-state index is 9.59. The zero-order valence-electron chi connectivity index (χ0n) is 24.2. The summed E-state index contributed by atoms with van der Waals surface area (Å²) in [6.45, 7) is 4.21. The van der Waals surface area contributed by atoms with E-state index >= 15 is 0 Å². The van der Waals surface area contributed by atoms with Crippen molar-refractivity contribution in [3.8, 4) is 0 Å². The maximum absolute atomic E-state index is 9.59. The van der Waals surface area contributed by atoms with E-state index in [2.05, 4.69) is 97.9 Å². The summed E-state index contributed by atoms with van der Waals surface area (Å²) in [7, 11) is 0. The second-order valence-electron chi connectivity index (χ2n) is 11.4. The van der Waals surface area contributed by atoms with E-state index in [1.165, 1.54) is 93.7 Å². The number of unbranched alkanes of at least 4 members (excludes halogenated alkanes) is 9. The van der Waals surface area contributed by atoms with Crippen LogP contribution in [0.1, 0.15) is 120 Å². The highest BCUT2D eigenvalue weighted by Gasteiger charge is 2.42. The van der Waals surface area contributed by atoms with E-state index < -0.39 is 0 Å². The van der Waals surface area contributed by atoms with Crippen LogP contribution < -0.4 is 0 Å². The van der Waals surface area contributed by atoms with Crippen LogP contribution in [0.15, 0.2) is 91.0 Å². The molecule has 3 aromatic rings. The predicted molar refractivity (Wildman–Crippen MR) is 165 cm³/mol. The van der Waals surface area contributed by atoms with Gasteiger partial charge in [-0.2, -0.15) is 0 Å². The van der Waals surface area contributed by atoms with Gasteiger partial charge in [-0.1, -0.05) is 169 Å². The van der Waals surface area contributed by atoms with Crippen molar-refractivity contribution < 1.29 is 5.11 Å². The largest absolute Gasteiger partial charge is 0.393 e. The molecule has 3 rings (SSSR count). The molecule has 1 heteroatoms. The third kappa shape index (κ3) is 8.84. The van der Waals surface area contributed by atoms with Crippen molar-refractivity contribution in [3.63, 3.8) is 0 Å². The van der Waals surface area contributed by atoms with E-state index in [9.17, 15) is 5.11 Å². The van der Waals surface area contributed by atoms with E-state index in [0.717, 1.165) is 12.8 Å². The van der Waals surface area contributed by atoms with Crippen molar-refractivity contribution >= 4 is 0 Å². The summed E-state index contributed by atoms with van der Waals surface area (Å²) in [4.78, 5) is 0. The van der Waals surface area contributed by atoms with Crippen LogP contribution in [0, 0.1) is 5.92 Å². The van der Waals surface area contributed by atoms with Crippen molar-refractivity contribution in [1.82, 2.24) is 0 Å². The quantitative estimate of drug-likeness (QED) is 0.125. The molecule has 1 nitrogen and oxygen atoms in total. The molecule has 0 radical (unpaired) electrons. The Morgan fingerprint density at radius 1 is 0.500 bits per heavy atom. The van der Waals surface area contributed by atoms with Crippen molar-refractivity contribution in [2.45, 2.75) is 115 Å². The molecule has 0 heterocycles. The number of hydrogen-bond acceptors (Lipinski definition) is 1. The van der Waals surface area contributed by atoms with Gasteiger partial charge < -0.3 is 5.11 Å². The van der Waals surface area contributed by atoms with Crippen LogP contribution in [-0.4, -0.2) is 11.2 Å². The zero-order chi connectivity index (χ0) is 26.9. The minimum Gasteiger partial charge on any atom is -0.393 e. The van der Waals surface area contributed by atoms with E-state index in [4.69, 9.17) is 0 Å². The van der Waals surface area contributed by atoms with Gasteiger partial charge >= 0.3 is 0 Å². The lowest BCUT2D eigenvalue weighted by Gasteiger charge is -2.43. The molecule has 38 heavy (non-hydrogen) atoms. The van der Waals surface area contributed by atoms with Crippen molar-refractivity contribution in [2.24, 2.45) is 5.92 Å². The number of aliphatic hydroxyl groups excluding tert-OH is 1. The molecular formula is C37H52O. The topological polar surface area (TPSA) is 20.2 Å². The molecule has 0 fully saturated rings. The normalized spacial score (nSPS) is 13.3. The van der Waals surface area contributed by atoms with Gasteiger partial charge in [-0.15, -0.1) is 0 Å². The van der Waals surface area contributed by atoms with Gasteiger partial charge in [-0.05, 0) is 48.8 Å². The standard InChI is InChI=1S/C37H52O/c1-3-4-5-6-9-15-24-33(25-16-10-7-8-14-23-32(2)38)37(34-26-17-11-18-27-34,35-28-19-12-20-29-35)36-30-21-13-22-31-36/h11-13,17-22,26-33,38H,3-10,14-16,23-25H2,1-2H3. The second kappa shape index (κ2) is 17.3. The molecule has 0 saturated heterocycles. The Labute approximate surface area is 233 Å². The first kappa shape index (κ1) is 30.2. The van der Waals surface area contributed by atoms with Crippen LogP contribution in [0.4, 0.5) is 0 Å². The molecule has 206 valence electrons. The monoisotopic (exact) mass is 512 g/mol. The minimum absolute atomic E-state index is 0.153. The van der Waals surface area contributed by atoms with Crippen LogP contribution in [0.5, 0.6) is 0 Å². The summed E-state index contributed by atoms with van der Waals surface area (Å²) in [5.74, 6) is 0.540. The summed E-state index contributed by atoms with van der Waals surface area (Å²) >= 11 is 0. The molecule has 2 unspecified atom stereocenters. The van der Waals surface area contributed by atoms with Crippen molar-refractivity contribution in [3.05, 3.63) is 108 Å². The highest BCUT2D eigenvalue weighted by atomic mass is 16.3. The van der Waals surface area contributed by atoms with Gasteiger partial charge in [0.05, 0.1) is 6.10 Å². The third-order valence-corrected chi connectivity index (χ3v) is 8.38. The Balaban J connectivity index is 1.92. The molecule has 0 bridgehead atoms. The Kier molecular flexibility index (Phi) is 13.7. The lowest BCUT2D eigenvalue weighted by atomic mass is 9.59. The lowest BCUT2D eigenvalue weighted by Crippen LogP contribution is -2.38. The molecule has 0 aliphatic carbocycles. The average molecular weight is 513 g/mol. The van der Waals surface area contributed by atoms with E-state index in [0.29, 0.717) is 5.92 Å². The Morgan fingerprint density at radius 2 is 0.842 bits per heavy atom. The highest BCUT2D eigenvalue weighted by molar-refractivity contribution is 5.51. The van der Waals surface area contributed by atoms with Crippen molar-refractivity contribution in [2.75, 3.05) is 0 Å². The molecule has 0 aliphatic rings. The molecule has 3 aromatic carbocycles. The van der Waals surface area contributed by atoms with E-state index in [1.807, 2.05) is 6.92 Å². The molecule has 2 atom stereocenters. The third-order valence-electron chi connectivity index (χ3n) is 8.38. The summed E-state index contributed by atoms with van der Waals surface area (Å²) in [5.41, 5.74) is 4.11. The maximum Gasteiger partial charge on any atom is 0.0512 e. The zero-order valence-corrected chi connectivity index (χ0v) is 24.2. The van der Waals surface area contributed by atoms with Crippen LogP contribution >= 0.6 is 0 Å². The molecule has 1 N–H and O–H groups in total. The Hall–Kier alpha value is -2.38. The van der Waals surface area contributed by atoms with Crippen LogP contribution in [-0.2, 0) is 5.41 Å². The molecule has 0 amide bonds. The van der Waals surface area contributed by atoms with E-state index in [-0.39, 0.29) is 11.5 Å². The van der Waals surface area contributed by atoms with Gasteiger partial charge in [0.1, 0.15) is 0 Å². The SMILES string of the molecule is CCCCCCCCC(CCCCCCCC(C)O)C(c1ccccc1)(c1ccccc1)c1ccccc1. The van der Waals surface area contributed by atoms with Gasteiger partial charge in [0.2, 0.25) is 0 Å². The predicted octanol–water partition coefficient (Wildman–Crippen LogP) is 10.5. The van der Waals surface area contributed by atoms with Gasteiger partial charge in [-0.25, -0.2) is 0 Å².